The molecule has 4 rings (SSSR count). The SMILES string of the molecule is COc1cc(N2CCN3C(CCCC3c3ccc(OCCCN)c(C)c3C)C2)ccc1F. The Morgan fingerprint density at radius 3 is 2.69 bits per heavy atom. The second-order valence-electron chi connectivity index (χ2n) is 9.00. The van der Waals surface area contributed by atoms with Gasteiger partial charge in [-0.05, 0) is 81.0 Å². The second-order valence-corrected chi connectivity index (χ2v) is 9.00. The van der Waals surface area contributed by atoms with Crippen LogP contribution in [0.5, 0.6) is 11.5 Å². The van der Waals surface area contributed by atoms with Crippen LogP contribution in [0.3, 0.4) is 0 Å². The third-order valence-electron chi connectivity index (χ3n) is 7.19. The normalized spacial score (nSPS) is 21.3. The van der Waals surface area contributed by atoms with Gasteiger partial charge in [0.05, 0.1) is 13.7 Å². The van der Waals surface area contributed by atoms with E-state index < -0.39 is 0 Å². The lowest BCUT2D eigenvalue weighted by Gasteiger charge is -2.49. The second kappa shape index (κ2) is 10.1. The monoisotopic (exact) mass is 441 g/mol. The molecule has 2 unspecified atom stereocenters. The number of nitrogens with zero attached hydrogens (tertiary/aromatic N) is 2. The van der Waals surface area contributed by atoms with Gasteiger partial charge >= 0.3 is 0 Å². The van der Waals surface area contributed by atoms with Crippen LogP contribution < -0.4 is 20.1 Å². The summed E-state index contributed by atoms with van der Waals surface area (Å²) in [5.74, 6) is 0.974. The van der Waals surface area contributed by atoms with E-state index in [2.05, 4.69) is 35.8 Å². The topological polar surface area (TPSA) is 51.0 Å². The molecule has 2 aromatic rings. The van der Waals surface area contributed by atoms with Gasteiger partial charge in [-0.2, -0.15) is 0 Å². The molecule has 0 aromatic heterocycles. The molecule has 5 nitrogen and oxygen atoms in total. The largest absolute Gasteiger partial charge is 0.494 e. The first-order valence-electron chi connectivity index (χ1n) is 11.8. The van der Waals surface area contributed by atoms with Crippen molar-refractivity contribution in [2.75, 3.05) is 44.8 Å². The van der Waals surface area contributed by atoms with Gasteiger partial charge < -0.3 is 20.1 Å². The fraction of sp³-hybridized carbons (Fsp3) is 0.538. The number of fused-ring (bicyclic) bond motifs is 1. The number of methoxy groups -OCH3 is 1. The number of anilines is 1. The van der Waals surface area contributed by atoms with Crippen LogP contribution in [0.2, 0.25) is 0 Å². The van der Waals surface area contributed by atoms with Crippen LogP contribution >= 0.6 is 0 Å². The molecule has 0 radical (unpaired) electrons. The number of piperazine rings is 1. The molecule has 2 saturated heterocycles. The lowest BCUT2D eigenvalue weighted by Crippen LogP contribution is -2.56. The van der Waals surface area contributed by atoms with Gasteiger partial charge in [-0.15, -0.1) is 0 Å². The van der Waals surface area contributed by atoms with Gasteiger partial charge in [0.2, 0.25) is 0 Å². The summed E-state index contributed by atoms with van der Waals surface area (Å²) in [5, 5.41) is 0. The molecule has 6 heteroatoms. The number of benzene rings is 2. The third kappa shape index (κ3) is 4.57. The lowest BCUT2D eigenvalue weighted by atomic mass is 9.86. The highest BCUT2D eigenvalue weighted by Crippen LogP contribution is 2.40. The van der Waals surface area contributed by atoms with Crippen molar-refractivity contribution in [2.24, 2.45) is 5.73 Å². The van der Waals surface area contributed by atoms with Gasteiger partial charge in [0.1, 0.15) is 5.75 Å². The van der Waals surface area contributed by atoms with Gasteiger partial charge in [-0.1, -0.05) is 6.07 Å². The van der Waals surface area contributed by atoms with Crippen molar-refractivity contribution < 1.29 is 13.9 Å². The number of piperidine rings is 1. The van der Waals surface area contributed by atoms with Crippen LogP contribution in [-0.2, 0) is 0 Å². The minimum atomic E-state index is -0.311. The van der Waals surface area contributed by atoms with Crippen molar-refractivity contribution in [3.63, 3.8) is 0 Å². The van der Waals surface area contributed by atoms with E-state index >= 15 is 0 Å². The number of ether oxygens (including phenoxy) is 2. The molecule has 2 N–H and O–H groups in total. The van der Waals surface area contributed by atoms with E-state index in [0.717, 1.165) is 37.5 Å². The summed E-state index contributed by atoms with van der Waals surface area (Å²) in [6.45, 7) is 8.60. The molecular formula is C26H36FN3O2. The van der Waals surface area contributed by atoms with E-state index in [-0.39, 0.29) is 5.82 Å². The Hall–Kier alpha value is -2.31. The first-order chi connectivity index (χ1) is 15.5. The van der Waals surface area contributed by atoms with Crippen molar-refractivity contribution in [1.82, 2.24) is 4.90 Å². The molecule has 2 fully saturated rings. The van der Waals surface area contributed by atoms with Gasteiger partial charge in [-0.25, -0.2) is 4.39 Å². The summed E-state index contributed by atoms with van der Waals surface area (Å²) in [5.41, 5.74) is 10.6. The molecule has 32 heavy (non-hydrogen) atoms. The molecular weight excluding hydrogens is 405 g/mol. The van der Waals surface area contributed by atoms with E-state index in [1.165, 1.54) is 49.1 Å². The van der Waals surface area contributed by atoms with Crippen LogP contribution in [-0.4, -0.2) is 50.8 Å². The Morgan fingerprint density at radius 1 is 1.06 bits per heavy atom. The summed E-state index contributed by atoms with van der Waals surface area (Å²) in [7, 11) is 1.52. The van der Waals surface area contributed by atoms with Gasteiger partial charge in [-0.3, -0.25) is 4.90 Å². The quantitative estimate of drug-likeness (QED) is 0.637. The standard InChI is InChI=1S/C26H36FN3O2/c1-18-19(2)25(32-15-5-12-28)11-9-22(18)24-7-4-6-21-17-29(13-14-30(21)24)20-8-10-23(27)26(16-20)31-3/h8-11,16,21,24H,4-7,12-15,17,28H2,1-3H3. The first-order valence-corrected chi connectivity index (χ1v) is 11.8. The molecule has 2 aliphatic rings. The average Bonchev–Trinajstić information content (AvgIpc) is 2.82. The van der Waals surface area contributed by atoms with E-state index in [1.807, 2.05) is 12.1 Å². The minimum Gasteiger partial charge on any atom is -0.494 e. The molecule has 0 spiro atoms. The zero-order valence-electron chi connectivity index (χ0n) is 19.6. The van der Waals surface area contributed by atoms with Crippen LogP contribution in [0.25, 0.3) is 0 Å². The fourth-order valence-corrected chi connectivity index (χ4v) is 5.26. The van der Waals surface area contributed by atoms with E-state index in [4.69, 9.17) is 15.2 Å². The Morgan fingerprint density at radius 2 is 1.91 bits per heavy atom. The Balaban J connectivity index is 1.50. The van der Waals surface area contributed by atoms with Crippen molar-refractivity contribution in [2.45, 2.75) is 51.6 Å². The van der Waals surface area contributed by atoms with Crippen molar-refractivity contribution in [3.05, 3.63) is 52.8 Å². The molecule has 2 atom stereocenters. The van der Waals surface area contributed by atoms with Gasteiger partial charge in [0, 0.05) is 43.5 Å². The highest BCUT2D eigenvalue weighted by molar-refractivity contribution is 5.52. The smallest absolute Gasteiger partial charge is 0.165 e. The predicted molar refractivity (Wildman–Crippen MR) is 127 cm³/mol. The minimum absolute atomic E-state index is 0.311. The first kappa shape index (κ1) is 22.9. The van der Waals surface area contributed by atoms with E-state index in [1.54, 1.807) is 0 Å². The van der Waals surface area contributed by atoms with Gasteiger partial charge in [0.15, 0.2) is 11.6 Å². The Kier molecular flexibility index (Phi) is 7.21. The number of halogens is 1. The summed E-state index contributed by atoms with van der Waals surface area (Å²) in [6, 6.07) is 10.5. The highest BCUT2D eigenvalue weighted by atomic mass is 19.1. The maximum atomic E-state index is 13.9. The molecule has 174 valence electrons. The maximum Gasteiger partial charge on any atom is 0.165 e. The molecule has 2 heterocycles. The summed E-state index contributed by atoms with van der Waals surface area (Å²) in [6.07, 6.45) is 4.48. The van der Waals surface area contributed by atoms with E-state index in [0.29, 0.717) is 31.0 Å². The molecule has 0 aliphatic carbocycles. The van der Waals surface area contributed by atoms with Crippen molar-refractivity contribution in [3.8, 4) is 11.5 Å². The predicted octanol–water partition coefficient (Wildman–Crippen LogP) is 4.59. The summed E-state index contributed by atoms with van der Waals surface area (Å²) >= 11 is 0. The number of nitrogens with two attached hydrogens (primary N) is 1. The summed E-state index contributed by atoms with van der Waals surface area (Å²) in [4.78, 5) is 5.06. The molecule has 0 amide bonds. The van der Waals surface area contributed by atoms with Crippen molar-refractivity contribution in [1.29, 1.82) is 0 Å². The number of hydrogen-bond acceptors (Lipinski definition) is 5. The average molecular weight is 442 g/mol. The molecule has 0 saturated carbocycles. The Labute approximate surface area is 191 Å². The van der Waals surface area contributed by atoms with Crippen LogP contribution in [0.15, 0.2) is 30.3 Å². The van der Waals surface area contributed by atoms with Crippen LogP contribution in [0, 0.1) is 19.7 Å². The molecule has 2 aliphatic heterocycles. The maximum absolute atomic E-state index is 13.9. The fourth-order valence-electron chi connectivity index (χ4n) is 5.26. The van der Waals surface area contributed by atoms with E-state index in [9.17, 15) is 4.39 Å². The lowest BCUT2D eigenvalue weighted by molar-refractivity contribution is 0.0712. The number of rotatable bonds is 7. The van der Waals surface area contributed by atoms with Crippen LogP contribution in [0.4, 0.5) is 10.1 Å². The van der Waals surface area contributed by atoms with Crippen LogP contribution in [0.1, 0.15) is 48.4 Å². The van der Waals surface area contributed by atoms with Crippen molar-refractivity contribution >= 4 is 5.69 Å². The van der Waals surface area contributed by atoms with Gasteiger partial charge in [0.25, 0.3) is 0 Å². The zero-order chi connectivity index (χ0) is 22.7. The number of hydrogen-bond donors (Lipinski definition) is 1. The highest BCUT2D eigenvalue weighted by Gasteiger charge is 2.36. The third-order valence-corrected chi connectivity index (χ3v) is 7.19. The summed E-state index contributed by atoms with van der Waals surface area (Å²) < 4.78 is 25.0. The molecule has 2 aromatic carbocycles. The molecule has 0 bridgehead atoms. The zero-order valence-corrected chi connectivity index (χ0v) is 19.6. The Bertz CT molecular complexity index is 936.